The molecule has 3 aromatic rings. The molecule has 1 amide bonds. The van der Waals surface area contributed by atoms with Gasteiger partial charge in [-0.2, -0.15) is 5.10 Å². The first-order valence-corrected chi connectivity index (χ1v) is 12.0. The number of carbonyl (C=O) groups is 1. The van der Waals surface area contributed by atoms with Crippen molar-refractivity contribution in [1.82, 2.24) is 5.43 Å². The normalized spacial score (nSPS) is 11.5. The Kier molecular flexibility index (Phi) is 8.08. The molecule has 0 saturated carbocycles. The van der Waals surface area contributed by atoms with Crippen molar-refractivity contribution in [3.63, 3.8) is 0 Å². The third-order valence-corrected chi connectivity index (χ3v) is 6.39. The summed E-state index contributed by atoms with van der Waals surface area (Å²) in [7, 11) is -4.01. The Morgan fingerprint density at radius 2 is 1.76 bits per heavy atom. The van der Waals surface area contributed by atoms with Gasteiger partial charge in [-0.15, -0.1) is 0 Å². The van der Waals surface area contributed by atoms with Crippen molar-refractivity contribution in [1.29, 1.82) is 0 Å². The minimum Gasteiger partial charge on any atom is -0.491 e. The maximum atomic E-state index is 13.2. The molecule has 0 heterocycles. The molecule has 3 rings (SSSR count). The molecule has 0 radical (unpaired) electrons. The average molecular weight is 486 g/mol. The lowest BCUT2D eigenvalue weighted by Crippen LogP contribution is -2.39. The third-order valence-electron chi connectivity index (χ3n) is 4.37. The van der Waals surface area contributed by atoms with Gasteiger partial charge in [0.15, 0.2) is 0 Å². The number of anilines is 1. The maximum Gasteiger partial charge on any atom is 0.264 e. The van der Waals surface area contributed by atoms with Gasteiger partial charge in [0.2, 0.25) is 0 Å². The number of rotatable bonds is 9. The van der Waals surface area contributed by atoms with Gasteiger partial charge in [0.05, 0.1) is 22.9 Å². The first kappa shape index (κ1) is 24.3. The predicted octanol–water partition coefficient (Wildman–Crippen LogP) is 4.47. The van der Waals surface area contributed by atoms with E-state index in [1.807, 2.05) is 13.8 Å². The van der Waals surface area contributed by atoms with E-state index in [4.69, 9.17) is 16.3 Å². The van der Waals surface area contributed by atoms with Gasteiger partial charge in [-0.05, 0) is 74.0 Å². The van der Waals surface area contributed by atoms with E-state index in [1.54, 1.807) is 60.7 Å². The number of hydrogen-bond acceptors (Lipinski definition) is 5. The van der Waals surface area contributed by atoms with E-state index < -0.39 is 22.5 Å². The van der Waals surface area contributed by atoms with E-state index in [9.17, 15) is 13.2 Å². The fraction of sp³-hybridized carbons (Fsp3) is 0.167. The molecule has 0 fully saturated rings. The van der Waals surface area contributed by atoms with Crippen LogP contribution in [0.15, 0.2) is 88.9 Å². The Bertz CT molecular complexity index is 1210. The number of carbonyl (C=O) groups excluding carboxylic acids is 1. The third kappa shape index (κ3) is 6.81. The van der Waals surface area contributed by atoms with Crippen LogP contribution < -0.4 is 14.5 Å². The van der Waals surface area contributed by atoms with Crippen LogP contribution in [0.25, 0.3) is 0 Å². The van der Waals surface area contributed by atoms with Gasteiger partial charge in [-0.3, -0.25) is 9.10 Å². The van der Waals surface area contributed by atoms with Gasteiger partial charge in [0, 0.05) is 5.02 Å². The second kappa shape index (κ2) is 11.0. The fourth-order valence-electron chi connectivity index (χ4n) is 2.92. The predicted molar refractivity (Wildman–Crippen MR) is 130 cm³/mol. The first-order chi connectivity index (χ1) is 15.8. The molecule has 1 N–H and O–H groups in total. The number of ether oxygens (including phenoxy) is 1. The highest BCUT2D eigenvalue weighted by Gasteiger charge is 2.27. The molecule has 0 bridgehead atoms. The summed E-state index contributed by atoms with van der Waals surface area (Å²) in [6.07, 6.45) is 1.53. The molecule has 0 aromatic heterocycles. The summed E-state index contributed by atoms with van der Waals surface area (Å²) < 4.78 is 33.1. The second-order valence-corrected chi connectivity index (χ2v) is 9.63. The minimum atomic E-state index is -4.01. The SMILES string of the molecule is CC(C)Oc1ccc(/C=N\NC(=O)CN(c2cccc(Cl)c2)S(=O)(=O)c2ccccc2)cc1. The lowest BCUT2D eigenvalue weighted by atomic mass is 10.2. The number of nitrogens with zero attached hydrogens (tertiary/aromatic N) is 2. The molecule has 0 atom stereocenters. The Morgan fingerprint density at radius 3 is 2.39 bits per heavy atom. The summed E-state index contributed by atoms with van der Waals surface area (Å²) in [6, 6.07) is 21.4. The highest BCUT2D eigenvalue weighted by molar-refractivity contribution is 7.92. The van der Waals surface area contributed by atoms with Crippen molar-refractivity contribution in [2.75, 3.05) is 10.8 Å². The number of hydrazone groups is 1. The lowest BCUT2D eigenvalue weighted by Gasteiger charge is -2.23. The zero-order valence-corrected chi connectivity index (χ0v) is 19.8. The van der Waals surface area contributed by atoms with E-state index in [-0.39, 0.29) is 16.7 Å². The van der Waals surface area contributed by atoms with E-state index in [2.05, 4.69) is 10.5 Å². The van der Waals surface area contributed by atoms with Crippen molar-refractivity contribution in [2.24, 2.45) is 5.10 Å². The zero-order chi connectivity index (χ0) is 23.8. The summed E-state index contributed by atoms with van der Waals surface area (Å²) in [5, 5.41) is 4.29. The maximum absolute atomic E-state index is 13.2. The van der Waals surface area contributed by atoms with Gasteiger partial charge >= 0.3 is 0 Å². The van der Waals surface area contributed by atoms with Crippen molar-refractivity contribution in [2.45, 2.75) is 24.8 Å². The molecule has 0 aliphatic heterocycles. The molecule has 9 heteroatoms. The van der Waals surface area contributed by atoms with Gasteiger partial charge in [-0.1, -0.05) is 35.9 Å². The number of nitrogens with one attached hydrogen (secondary N) is 1. The molecular formula is C24H24ClN3O4S. The topological polar surface area (TPSA) is 88.1 Å². The fourth-order valence-corrected chi connectivity index (χ4v) is 4.53. The van der Waals surface area contributed by atoms with Crippen LogP contribution in [-0.2, 0) is 14.8 Å². The van der Waals surface area contributed by atoms with Gasteiger partial charge in [0.25, 0.3) is 15.9 Å². The molecule has 7 nitrogen and oxygen atoms in total. The van der Waals surface area contributed by atoms with Crippen LogP contribution in [0.2, 0.25) is 5.02 Å². The van der Waals surface area contributed by atoms with Crippen LogP contribution in [0, 0.1) is 0 Å². The average Bonchev–Trinajstić information content (AvgIpc) is 2.79. The molecule has 3 aromatic carbocycles. The van der Waals surface area contributed by atoms with Crippen LogP contribution in [0.4, 0.5) is 5.69 Å². The minimum absolute atomic E-state index is 0.0602. The Labute approximate surface area is 198 Å². The van der Waals surface area contributed by atoms with E-state index in [0.29, 0.717) is 5.02 Å². The van der Waals surface area contributed by atoms with Crippen molar-refractivity contribution < 1.29 is 17.9 Å². The standard InChI is InChI=1S/C24H24ClN3O4S/c1-18(2)32-22-13-11-19(12-14-22)16-26-27-24(29)17-28(21-8-6-7-20(25)15-21)33(30,31)23-9-4-3-5-10-23/h3-16,18H,17H2,1-2H3,(H,27,29)/b26-16-. The highest BCUT2D eigenvalue weighted by Crippen LogP contribution is 2.25. The summed E-state index contributed by atoms with van der Waals surface area (Å²) in [6.45, 7) is 3.40. The van der Waals surface area contributed by atoms with Crippen LogP contribution in [0.5, 0.6) is 5.75 Å². The second-order valence-electron chi connectivity index (χ2n) is 7.33. The zero-order valence-electron chi connectivity index (χ0n) is 18.2. The van der Waals surface area contributed by atoms with E-state index in [0.717, 1.165) is 15.6 Å². The molecule has 0 unspecified atom stereocenters. The van der Waals surface area contributed by atoms with Crippen LogP contribution in [-0.4, -0.2) is 33.2 Å². The lowest BCUT2D eigenvalue weighted by molar-refractivity contribution is -0.119. The van der Waals surface area contributed by atoms with Crippen LogP contribution in [0.3, 0.4) is 0 Å². The molecule has 0 spiro atoms. The number of hydrogen-bond donors (Lipinski definition) is 1. The quantitative estimate of drug-likeness (QED) is 0.357. The molecule has 172 valence electrons. The molecule has 0 aliphatic rings. The van der Waals surface area contributed by atoms with Crippen molar-refractivity contribution in [3.05, 3.63) is 89.4 Å². The Morgan fingerprint density at radius 1 is 1.06 bits per heavy atom. The summed E-state index contributed by atoms with van der Waals surface area (Å²) in [5.41, 5.74) is 3.39. The Balaban J connectivity index is 1.75. The Hall–Kier alpha value is -3.36. The highest BCUT2D eigenvalue weighted by atomic mass is 35.5. The molecular weight excluding hydrogens is 462 g/mol. The number of sulfonamides is 1. The van der Waals surface area contributed by atoms with Crippen molar-refractivity contribution in [3.8, 4) is 5.75 Å². The first-order valence-electron chi connectivity index (χ1n) is 10.2. The van der Waals surface area contributed by atoms with Crippen LogP contribution in [0.1, 0.15) is 19.4 Å². The van der Waals surface area contributed by atoms with Gasteiger partial charge in [0.1, 0.15) is 12.3 Å². The summed E-state index contributed by atoms with van der Waals surface area (Å²) in [4.78, 5) is 12.6. The van der Waals surface area contributed by atoms with Crippen molar-refractivity contribution >= 4 is 39.4 Å². The summed E-state index contributed by atoms with van der Waals surface area (Å²) in [5.74, 6) is 0.125. The molecule has 0 aliphatic carbocycles. The number of benzene rings is 3. The monoisotopic (exact) mass is 485 g/mol. The smallest absolute Gasteiger partial charge is 0.264 e. The molecule has 0 saturated heterocycles. The van der Waals surface area contributed by atoms with Crippen LogP contribution >= 0.6 is 11.6 Å². The largest absolute Gasteiger partial charge is 0.491 e. The number of halogens is 1. The molecule has 33 heavy (non-hydrogen) atoms. The summed E-state index contributed by atoms with van der Waals surface area (Å²) >= 11 is 6.06. The number of amides is 1. The van der Waals surface area contributed by atoms with Gasteiger partial charge in [-0.25, -0.2) is 13.8 Å². The van der Waals surface area contributed by atoms with Gasteiger partial charge < -0.3 is 4.74 Å². The van der Waals surface area contributed by atoms with E-state index in [1.165, 1.54) is 24.4 Å². The van der Waals surface area contributed by atoms with E-state index >= 15 is 0 Å².